The van der Waals surface area contributed by atoms with Crippen LogP contribution in [-0.4, -0.2) is 17.9 Å². The quantitative estimate of drug-likeness (QED) is 0.742. The number of primary amides is 1. The standard InChI is InChI=1S/C15H13F6N3O2/c16-14(17,18)9-4-8(5-10(7-9)15(19,20)21)6-12(25)24-11(13(23)26)2-1-3-22/h4-5,7,11H,1-2,6H2,(H2,23,26)(H,24,25)/t11-/m0/s1. The van der Waals surface area contributed by atoms with Gasteiger partial charge in [-0.05, 0) is 30.2 Å². The maximum Gasteiger partial charge on any atom is 0.416 e. The number of carbonyl (C=O) groups is 2. The van der Waals surface area contributed by atoms with Crippen molar-refractivity contribution in [2.24, 2.45) is 5.73 Å². The number of benzene rings is 1. The summed E-state index contributed by atoms with van der Waals surface area (Å²) in [6.45, 7) is 0. The molecule has 5 nitrogen and oxygen atoms in total. The van der Waals surface area contributed by atoms with Crippen LogP contribution in [0.3, 0.4) is 0 Å². The van der Waals surface area contributed by atoms with Crippen LogP contribution in [0.15, 0.2) is 18.2 Å². The highest BCUT2D eigenvalue weighted by atomic mass is 19.4. The number of carbonyl (C=O) groups excluding carboxylic acids is 2. The van der Waals surface area contributed by atoms with E-state index in [0.29, 0.717) is 12.1 Å². The Hall–Kier alpha value is -2.77. The molecule has 1 atom stereocenters. The summed E-state index contributed by atoms with van der Waals surface area (Å²) in [6.07, 6.45) is -11.2. The monoisotopic (exact) mass is 381 g/mol. The summed E-state index contributed by atoms with van der Waals surface area (Å²) in [7, 11) is 0. The lowest BCUT2D eigenvalue weighted by atomic mass is 10.0. The molecule has 0 saturated carbocycles. The Kier molecular flexibility index (Phi) is 6.60. The Morgan fingerprint density at radius 3 is 1.96 bits per heavy atom. The van der Waals surface area contributed by atoms with Gasteiger partial charge in [0.15, 0.2) is 0 Å². The molecule has 0 radical (unpaired) electrons. The lowest BCUT2D eigenvalue weighted by molar-refractivity contribution is -0.143. The van der Waals surface area contributed by atoms with Crippen LogP contribution in [0, 0.1) is 11.3 Å². The van der Waals surface area contributed by atoms with Crippen molar-refractivity contribution in [3.63, 3.8) is 0 Å². The number of nitrogens with two attached hydrogens (primary N) is 1. The third-order valence-electron chi connectivity index (χ3n) is 3.24. The highest BCUT2D eigenvalue weighted by molar-refractivity contribution is 5.87. The second-order valence-corrected chi connectivity index (χ2v) is 5.31. The average Bonchev–Trinajstić information content (AvgIpc) is 2.49. The molecule has 0 aliphatic rings. The van der Waals surface area contributed by atoms with Crippen LogP contribution in [0.4, 0.5) is 26.3 Å². The van der Waals surface area contributed by atoms with E-state index in [0.717, 1.165) is 0 Å². The molecule has 0 fully saturated rings. The molecule has 1 aromatic rings. The number of hydrogen-bond acceptors (Lipinski definition) is 3. The normalized spacial score (nSPS) is 13.0. The van der Waals surface area contributed by atoms with Crippen LogP contribution in [-0.2, 0) is 28.4 Å². The van der Waals surface area contributed by atoms with Crippen molar-refractivity contribution in [1.82, 2.24) is 5.32 Å². The molecule has 1 rings (SSSR count). The largest absolute Gasteiger partial charge is 0.416 e. The third kappa shape index (κ3) is 6.27. The van der Waals surface area contributed by atoms with E-state index in [9.17, 15) is 35.9 Å². The summed E-state index contributed by atoms with van der Waals surface area (Å²) >= 11 is 0. The first-order valence-electron chi connectivity index (χ1n) is 7.08. The minimum absolute atomic E-state index is 0.0550. The van der Waals surface area contributed by atoms with E-state index >= 15 is 0 Å². The SMILES string of the molecule is N#CCC[C@H](NC(=O)Cc1cc(C(F)(F)F)cc(C(F)(F)F)c1)C(N)=O. The fourth-order valence-electron chi connectivity index (χ4n) is 2.05. The Morgan fingerprint density at radius 1 is 1.08 bits per heavy atom. The Bertz CT molecular complexity index is 689. The topological polar surface area (TPSA) is 96.0 Å². The van der Waals surface area contributed by atoms with E-state index in [1.54, 1.807) is 6.07 Å². The van der Waals surface area contributed by atoms with E-state index in [1.807, 2.05) is 0 Å². The number of rotatable bonds is 6. The average molecular weight is 381 g/mol. The Labute approximate surface area is 143 Å². The summed E-state index contributed by atoms with van der Waals surface area (Å²) in [6, 6.07) is 1.25. The zero-order valence-electron chi connectivity index (χ0n) is 13.0. The summed E-state index contributed by atoms with van der Waals surface area (Å²) in [5.41, 5.74) is 1.39. The molecule has 0 aromatic heterocycles. The maximum atomic E-state index is 12.8. The molecule has 3 N–H and O–H groups in total. The predicted molar refractivity (Wildman–Crippen MR) is 76.1 cm³/mol. The molecule has 0 unspecified atom stereocenters. The molecular formula is C15H13F6N3O2. The molecule has 142 valence electrons. The number of amides is 2. The Balaban J connectivity index is 3.06. The zero-order valence-corrected chi connectivity index (χ0v) is 13.0. The van der Waals surface area contributed by atoms with Crippen LogP contribution < -0.4 is 11.1 Å². The Morgan fingerprint density at radius 2 is 1.58 bits per heavy atom. The first kappa shape index (κ1) is 21.3. The predicted octanol–water partition coefficient (Wildman–Crippen LogP) is 2.54. The van der Waals surface area contributed by atoms with E-state index in [4.69, 9.17) is 11.0 Å². The van der Waals surface area contributed by atoms with Gasteiger partial charge in [-0.1, -0.05) is 0 Å². The molecule has 0 aliphatic heterocycles. The number of nitrogens with one attached hydrogen (secondary N) is 1. The molecule has 0 spiro atoms. The lowest BCUT2D eigenvalue weighted by Crippen LogP contribution is -2.44. The molecule has 0 bridgehead atoms. The summed E-state index contributed by atoms with van der Waals surface area (Å²) < 4.78 is 76.6. The third-order valence-corrected chi connectivity index (χ3v) is 3.24. The van der Waals surface area contributed by atoms with Crippen molar-refractivity contribution in [2.75, 3.05) is 0 Å². The fraction of sp³-hybridized carbons (Fsp3) is 0.400. The second-order valence-electron chi connectivity index (χ2n) is 5.31. The van der Waals surface area contributed by atoms with Gasteiger partial charge in [0.1, 0.15) is 6.04 Å². The van der Waals surface area contributed by atoms with E-state index in [2.05, 4.69) is 5.32 Å². The van der Waals surface area contributed by atoms with Crippen molar-refractivity contribution in [2.45, 2.75) is 37.7 Å². The van der Waals surface area contributed by atoms with Crippen molar-refractivity contribution >= 4 is 11.8 Å². The van der Waals surface area contributed by atoms with Gasteiger partial charge in [0.05, 0.1) is 23.6 Å². The lowest BCUT2D eigenvalue weighted by Gasteiger charge is -2.16. The maximum absolute atomic E-state index is 12.8. The van der Waals surface area contributed by atoms with Crippen LogP contribution >= 0.6 is 0 Å². The zero-order chi connectivity index (χ0) is 20.1. The van der Waals surface area contributed by atoms with Crippen molar-refractivity contribution < 1.29 is 35.9 Å². The van der Waals surface area contributed by atoms with Crippen molar-refractivity contribution in [3.8, 4) is 6.07 Å². The van der Waals surface area contributed by atoms with Crippen LogP contribution in [0.25, 0.3) is 0 Å². The number of nitriles is 1. The molecule has 0 aliphatic carbocycles. The number of halogens is 6. The summed E-state index contributed by atoms with van der Waals surface area (Å²) in [4.78, 5) is 23.0. The van der Waals surface area contributed by atoms with Crippen LogP contribution in [0.5, 0.6) is 0 Å². The van der Waals surface area contributed by atoms with E-state index in [-0.39, 0.29) is 18.9 Å². The van der Waals surface area contributed by atoms with E-state index in [1.165, 1.54) is 0 Å². The van der Waals surface area contributed by atoms with Gasteiger partial charge in [-0.2, -0.15) is 31.6 Å². The fourth-order valence-corrected chi connectivity index (χ4v) is 2.05. The molecular weight excluding hydrogens is 368 g/mol. The van der Waals surface area contributed by atoms with Gasteiger partial charge >= 0.3 is 12.4 Å². The highest BCUT2D eigenvalue weighted by Crippen LogP contribution is 2.36. The molecule has 2 amide bonds. The van der Waals surface area contributed by atoms with Crippen molar-refractivity contribution in [3.05, 3.63) is 34.9 Å². The van der Waals surface area contributed by atoms with Crippen LogP contribution in [0.2, 0.25) is 0 Å². The van der Waals surface area contributed by atoms with Gasteiger partial charge in [0.25, 0.3) is 0 Å². The molecule has 11 heteroatoms. The highest BCUT2D eigenvalue weighted by Gasteiger charge is 2.37. The first-order valence-corrected chi connectivity index (χ1v) is 7.08. The summed E-state index contributed by atoms with van der Waals surface area (Å²) in [5.74, 6) is -1.98. The molecule has 26 heavy (non-hydrogen) atoms. The smallest absolute Gasteiger partial charge is 0.368 e. The number of hydrogen-bond donors (Lipinski definition) is 2. The van der Waals surface area contributed by atoms with Gasteiger partial charge < -0.3 is 11.1 Å². The molecule has 1 aromatic carbocycles. The summed E-state index contributed by atoms with van der Waals surface area (Å²) in [5, 5.41) is 10.5. The molecule has 0 saturated heterocycles. The van der Waals surface area contributed by atoms with Gasteiger partial charge in [0, 0.05) is 6.42 Å². The second kappa shape index (κ2) is 8.07. The van der Waals surface area contributed by atoms with E-state index < -0.39 is 53.3 Å². The minimum atomic E-state index is -5.03. The minimum Gasteiger partial charge on any atom is -0.368 e. The van der Waals surface area contributed by atoms with Gasteiger partial charge in [-0.3, -0.25) is 9.59 Å². The molecule has 0 heterocycles. The van der Waals surface area contributed by atoms with Gasteiger partial charge in [-0.25, -0.2) is 0 Å². The van der Waals surface area contributed by atoms with Crippen LogP contribution in [0.1, 0.15) is 29.5 Å². The van der Waals surface area contributed by atoms with Gasteiger partial charge in [0.2, 0.25) is 11.8 Å². The first-order chi connectivity index (χ1) is 11.8. The van der Waals surface area contributed by atoms with Gasteiger partial charge in [-0.15, -0.1) is 0 Å². The number of nitrogens with zero attached hydrogens (tertiary/aromatic N) is 1. The number of alkyl halides is 6. The van der Waals surface area contributed by atoms with Crippen molar-refractivity contribution in [1.29, 1.82) is 5.26 Å².